The SMILES string of the molecule is c1ccc(-c2nc(-c3ccccc3)nc(-c3cccc4c3Sc3ccc(-c5ccc([Si](c6ccccc6)(c6ccccc6)c6ccccc6)cc5)cc3C43c4ccccc4-c4ccccc43)n2)cc1. The van der Waals surface area contributed by atoms with Crippen molar-refractivity contribution in [2.75, 3.05) is 0 Å². The minimum atomic E-state index is -2.69. The van der Waals surface area contributed by atoms with E-state index in [1.54, 1.807) is 0 Å². The molecule has 13 rings (SSSR count). The highest BCUT2D eigenvalue weighted by Crippen LogP contribution is 2.63. The number of benzene rings is 10. The molecule has 1 aromatic heterocycles. The molecule has 0 atom stereocenters. The molecule has 0 bridgehead atoms. The maximum atomic E-state index is 5.27. The molecule has 0 radical (unpaired) electrons. The smallest absolute Gasteiger partial charge is 0.179 e. The van der Waals surface area contributed by atoms with E-state index in [0.29, 0.717) is 17.5 Å². The van der Waals surface area contributed by atoms with Crippen molar-refractivity contribution >= 4 is 40.6 Å². The van der Waals surface area contributed by atoms with Crippen molar-refractivity contribution in [3.63, 3.8) is 0 Å². The molecule has 0 N–H and O–H groups in total. The topological polar surface area (TPSA) is 38.7 Å². The van der Waals surface area contributed by atoms with Crippen LogP contribution in [0, 0.1) is 0 Å². The monoisotopic (exact) mass is 913 g/mol. The zero-order chi connectivity index (χ0) is 45.8. The lowest BCUT2D eigenvalue weighted by atomic mass is 9.66. The van der Waals surface area contributed by atoms with E-state index in [-0.39, 0.29) is 0 Å². The van der Waals surface area contributed by atoms with Crippen LogP contribution in [-0.2, 0) is 5.41 Å². The van der Waals surface area contributed by atoms with E-state index in [2.05, 4.69) is 224 Å². The van der Waals surface area contributed by atoms with Crippen molar-refractivity contribution in [1.82, 2.24) is 15.0 Å². The Morgan fingerprint density at radius 3 is 1.22 bits per heavy atom. The van der Waals surface area contributed by atoms with Crippen LogP contribution in [0.15, 0.2) is 271 Å². The van der Waals surface area contributed by atoms with E-state index in [9.17, 15) is 0 Å². The Morgan fingerprint density at radius 1 is 0.290 bits per heavy atom. The molecule has 0 unspecified atom stereocenters. The van der Waals surface area contributed by atoms with Crippen LogP contribution in [0.4, 0.5) is 0 Å². The van der Waals surface area contributed by atoms with Crippen molar-refractivity contribution in [3.05, 3.63) is 283 Å². The van der Waals surface area contributed by atoms with Crippen LogP contribution in [0.1, 0.15) is 22.3 Å². The van der Waals surface area contributed by atoms with E-state index in [0.717, 1.165) is 21.6 Å². The standard InChI is InChI=1S/C64H43N3SSi/c1-6-21-45(22-7-1)61-65-62(46-23-8-2-9-24-46)67-63(66-61)54-33-20-36-57-60(54)68-59-42-39-47(43-58(59)64(57)55-34-18-16-31-52(55)53-32-17-19-35-56(53)64)44-37-40-51(41-38-44)69(48-25-10-3-11-26-48,49-27-12-4-13-28-49)50-29-14-5-15-30-50/h1-43H. The first-order valence-electron chi connectivity index (χ1n) is 23.5. The number of aromatic nitrogens is 3. The first kappa shape index (κ1) is 41.0. The molecule has 3 nitrogen and oxygen atoms in total. The third-order valence-electron chi connectivity index (χ3n) is 14.2. The highest BCUT2D eigenvalue weighted by atomic mass is 32.2. The van der Waals surface area contributed by atoms with Crippen molar-refractivity contribution in [3.8, 4) is 56.4 Å². The van der Waals surface area contributed by atoms with Crippen LogP contribution < -0.4 is 20.7 Å². The Bertz CT molecular complexity index is 3480. The van der Waals surface area contributed by atoms with Crippen LogP contribution in [0.2, 0.25) is 0 Å². The lowest BCUT2D eigenvalue weighted by Gasteiger charge is -2.40. The lowest BCUT2D eigenvalue weighted by Crippen LogP contribution is -2.74. The number of rotatable bonds is 8. The first-order chi connectivity index (χ1) is 34.2. The van der Waals surface area contributed by atoms with Crippen molar-refractivity contribution < 1.29 is 0 Å². The molecule has 1 aliphatic heterocycles. The van der Waals surface area contributed by atoms with Crippen LogP contribution in [0.25, 0.3) is 56.4 Å². The fourth-order valence-electron chi connectivity index (χ4n) is 11.2. The maximum absolute atomic E-state index is 5.27. The van der Waals surface area contributed by atoms with E-state index in [1.807, 2.05) is 48.2 Å². The molecule has 2 aliphatic rings. The molecular weight excluding hydrogens is 871 g/mol. The molecule has 11 aromatic rings. The molecule has 0 saturated heterocycles. The zero-order valence-corrected chi connectivity index (χ0v) is 39.4. The van der Waals surface area contributed by atoms with Crippen LogP contribution in [-0.4, -0.2) is 23.0 Å². The third kappa shape index (κ3) is 6.53. The molecule has 2 heterocycles. The maximum Gasteiger partial charge on any atom is 0.179 e. The summed E-state index contributed by atoms with van der Waals surface area (Å²) in [6.07, 6.45) is 0. The van der Waals surface area contributed by atoms with Gasteiger partial charge in [0.2, 0.25) is 0 Å². The summed E-state index contributed by atoms with van der Waals surface area (Å²) >= 11 is 1.83. The minimum Gasteiger partial charge on any atom is -0.208 e. The molecule has 0 saturated carbocycles. The van der Waals surface area contributed by atoms with Gasteiger partial charge in [0.1, 0.15) is 0 Å². The van der Waals surface area contributed by atoms with Crippen LogP contribution in [0.3, 0.4) is 0 Å². The molecule has 324 valence electrons. The number of fused-ring (bicyclic) bond motifs is 9. The van der Waals surface area contributed by atoms with E-state index in [1.165, 1.54) is 70.1 Å². The van der Waals surface area contributed by atoms with Gasteiger partial charge in [-0.05, 0) is 77.4 Å². The Morgan fingerprint density at radius 2 is 0.696 bits per heavy atom. The zero-order valence-electron chi connectivity index (χ0n) is 37.6. The summed E-state index contributed by atoms with van der Waals surface area (Å²) in [7, 11) is -2.69. The highest BCUT2D eigenvalue weighted by molar-refractivity contribution is 7.99. The Labute approximate surface area is 408 Å². The third-order valence-corrected chi connectivity index (χ3v) is 20.2. The second-order valence-corrected chi connectivity index (χ2v) is 22.7. The average molecular weight is 914 g/mol. The summed E-state index contributed by atoms with van der Waals surface area (Å²) in [5.41, 5.74) is 12.3. The van der Waals surface area contributed by atoms with E-state index in [4.69, 9.17) is 15.0 Å². The normalized spacial score (nSPS) is 13.0. The predicted molar refractivity (Wildman–Crippen MR) is 287 cm³/mol. The van der Waals surface area contributed by atoms with E-state index >= 15 is 0 Å². The quantitative estimate of drug-likeness (QED) is 0.112. The van der Waals surface area contributed by atoms with Crippen molar-refractivity contribution in [2.24, 2.45) is 0 Å². The molecule has 69 heavy (non-hydrogen) atoms. The van der Waals surface area contributed by atoms with E-state index < -0.39 is 13.5 Å². The molecule has 5 heteroatoms. The second-order valence-electron chi connectivity index (χ2n) is 17.8. The molecular formula is C64H43N3SSi. The average Bonchev–Trinajstić information content (AvgIpc) is 3.73. The Kier molecular flexibility index (Phi) is 10.0. The molecule has 1 aliphatic carbocycles. The van der Waals surface area contributed by atoms with Gasteiger partial charge >= 0.3 is 0 Å². The van der Waals surface area contributed by atoms with Gasteiger partial charge in [0.25, 0.3) is 0 Å². The molecule has 0 amide bonds. The van der Waals surface area contributed by atoms with Crippen molar-refractivity contribution in [1.29, 1.82) is 0 Å². The molecule has 1 spiro atoms. The van der Waals surface area contributed by atoms with Gasteiger partial charge < -0.3 is 0 Å². The van der Waals surface area contributed by atoms with Gasteiger partial charge in [-0.25, -0.2) is 15.0 Å². The molecule has 10 aromatic carbocycles. The Hall–Kier alpha value is -8.22. The number of hydrogen-bond acceptors (Lipinski definition) is 4. The van der Waals surface area contributed by atoms with Crippen molar-refractivity contribution in [2.45, 2.75) is 15.2 Å². The van der Waals surface area contributed by atoms with Gasteiger partial charge in [0, 0.05) is 26.5 Å². The summed E-state index contributed by atoms with van der Waals surface area (Å²) in [6, 6.07) is 95.4. The summed E-state index contributed by atoms with van der Waals surface area (Å²) < 4.78 is 0. The largest absolute Gasteiger partial charge is 0.208 e. The summed E-state index contributed by atoms with van der Waals surface area (Å²) in [4.78, 5) is 18.0. The second kappa shape index (κ2) is 16.8. The lowest BCUT2D eigenvalue weighted by molar-refractivity contribution is 0.723. The summed E-state index contributed by atoms with van der Waals surface area (Å²) in [6.45, 7) is 0. The fourth-order valence-corrected chi connectivity index (χ4v) is 17.2. The summed E-state index contributed by atoms with van der Waals surface area (Å²) in [5, 5.41) is 5.45. The van der Waals surface area contributed by atoms with Gasteiger partial charge in [-0.3, -0.25) is 0 Å². The van der Waals surface area contributed by atoms with Gasteiger partial charge in [0.15, 0.2) is 25.5 Å². The predicted octanol–water partition coefficient (Wildman–Crippen LogP) is 12.7. The summed E-state index contributed by atoms with van der Waals surface area (Å²) in [5.74, 6) is 1.95. The van der Waals surface area contributed by atoms with Gasteiger partial charge in [-0.1, -0.05) is 260 Å². The molecule has 0 fully saturated rings. The fraction of sp³-hybridized carbons (Fsp3) is 0.0156. The van der Waals surface area contributed by atoms with Crippen LogP contribution in [0.5, 0.6) is 0 Å². The number of nitrogens with zero attached hydrogens (tertiary/aromatic N) is 3. The first-order valence-corrected chi connectivity index (χ1v) is 26.3. The van der Waals surface area contributed by atoms with Gasteiger partial charge in [0.05, 0.1) is 5.41 Å². The van der Waals surface area contributed by atoms with Gasteiger partial charge in [-0.15, -0.1) is 0 Å². The van der Waals surface area contributed by atoms with Crippen LogP contribution >= 0.6 is 11.8 Å². The number of hydrogen-bond donors (Lipinski definition) is 0. The highest BCUT2D eigenvalue weighted by Gasteiger charge is 2.51. The Balaban J connectivity index is 1.01. The minimum absolute atomic E-state index is 0.609. The van der Waals surface area contributed by atoms with Gasteiger partial charge in [-0.2, -0.15) is 0 Å².